The summed E-state index contributed by atoms with van der Waals surface area (Å²) in [6, 6.07) is 0. The van der Waals surface area contributed by atoms with E-state index in [1.54, 1.807) is 0 Å². The van der Waals surface area contributed by atoms with E-state index in [1.807, 2.05) is 6.92 Å². The Labute approximate surface area is 126 Å². The minimum Gasteiger partial charge on any atom is -0.465 e. The molecule has 5 heteroatoms. The van der Waals surface area contributed by atoms with Gasteiger partial charge < -0.3 is 9.47 Å². The molecule has 0 N–H and O–H groups in total. The molecule has 5 atom stereocenters. The highest BCUT2D eigenvalue weighted by atomic mass is 127. The molecule has 1 aliphatic heterocycles. The number of cyclic esters (lactones) is 1. The third kappa shape index (κ3) is 2.08. The minimum absolute atomic E-state index is 0.00916. The van der Waals surface area contributed by atoms with Crippen molar-refractivity contribution in [1.29, 1.82) is 0 Å². The Morgan fingerprint density at radius 2 is 2.37 bits per heavy atom. The summed E-state index contributed by atoms with van der Waals surface area (Å²) in [5, 5.41) is 0. The van der Waals surface area contributed by atoms with E-state index in [2.05, 4.69) is 22.6 Å². The van der Waals surface area contributed by atoms with Gasteiger partial charge in [0.2, 0.25) is 0 Å². The minimum atomic E-state index is -0.234. The van der Waals surface area contributed by atoms with Crippen LogP contribution in [0.3, 0.4) is 0 Å². The summed E-state index contributed by atoms with van der Waals surface area (Å²) in [5.41, 5.74) is -0.234. The molecule has 0 aromatic rings. The van der Waals surface area contributed by atoms with Crippen molar-refractivity contribution in [3.8, 4) is 0 Å². The molecule has 5 unspecified atom stereocenters. The van der Waals surface area contributed by atoms with Crippen molar-refractivity contribution in [2.24, 2.45) is 17.3 Å². The van der Waals surface area contributed by atoms with E-state index in [-0.39, 0.29) is 27.4 Å². The maximum atomic E-state index is 11.9. The number of alkyl halides is 1. The van der Waals surface area contributed by atoms with Crippen LogP contribution in [0.5, 0.6) is 0 Å². The van der Waals surface area contributed by atoms with Gasteiger partial charge in [-0.15, -0.1) is 0 Å². The molecule has 106 valence electrons. The average molecular weight is 378 g/mol. The van der Waals surface area contributed by atoms with Gasteiger partial charge in [0.25, 0.3) is 0 Å². The van der Waals surface area contributed by atoms with Gasteiger partial charge in [-0.05, 0) is 43.9 Å². The summed E-state index contributed by atoms with van der Waals surface area (Å²) in [5.74, 6) is 0.619. The number of hydrogen-bond donors (Lipinski definition) is 0. The van der Waals surface area contributed by atoms with Crippen LogP contribution in [0.1, 0.15) is 39.0 Å². The van der Waals surface area contributed by atoms with Crippen LogP contribution in [0.25, 0.3) is 0 Å². The zero-order chi connectivity index (χ0) is 13.6. The van der Waals surface area contributed by atoms with Gasteiger partial charge in [-0.25, -0.2) is 0 Å². The third-order valence-corrected chi connectivity index (χ3v) is 6.50. The Morgan fingerprint density at radius 3 is 2.89 bits per heavy atom. The standard InChI is InChI=1S/C14H19IO4/c1-2-10(15)12(16)19-11-6-9-5-8(11)7-14(9)3-4-18-13(14)17/h8-11H,2-7H2,1H3. The quantitative estimate of drug-likeness (QED) is 0.430. The lowest BCUT2D eigenvalue weighted by molar-refractivity contribution is -0.155. The highest BCUT2D eigenvalue weighted by Gasteiger charge is 2.62. The molecule has 0 amide bonds. The van der Waals surface area contributed by atoms with Crippen LogP contribution < -0.4 is 0 Å². The third-order valence-electron chi connectivity index (χ3n) is 5.11. The van der Waals surface area contributed by atoms with E-state index in [9.17, 15) is 9.59 Å². The molecule has 1 saturated heterocycles. The summed E-state index contributed by atoms with van der Waals surface area (Å²) < 4.78 is 10.8. The molecule has 0 aromatic heterocycles. The van der Waals surface area contributed by atoms with Crippen molar-refractivity contribution in [2.75, 3.05) is 6.61 Å². The highest BCUT2D eigenvalue weighted by Crippen LogP contribution is 2.60. The molecule has 2 aliphatic carbocycles. The van der Waals surface area contributed by atoms with E-state index in [1.165, 1.54) is 0 Å². The number of carbonyl (C=O) groups excluding carboxylic acids is 2. The van der Waals surface area contributed by atoms with Gasteiger partial charge in [-0.3, -0.25) is 9.59 Å². The SMILES string of the molecule is CCC(I)C(=O)OC1CC2CC1CC21CCOC1=O. The number of halogens is 1. The number of ether oxygens (including phenoxy) is 2. The van der Waals surface area contributed by atoms with Crippen LogP contribution in [0.4, 0.5) is 0 Å². The fraction of sp³-hybridized carbons (Fsp3) is 0.857. The number of hydrogen-bond acceptors (Lipinski definition) is 4. The lowest BCUT2D eigenvalue weighted by atomic mass is 9.71. The number of carbonyl (C=O) groups is 2. The second-order valence-electron chi connectivity index (χ2n) is 6.03. The van der Waals surface area contributed by atoms with Gasteiger partial charge in [-0.1, -0.05) is 29.5 Å². The highest BCUT2D eigenvalue weighted by molar-refractivity contribution is 14.1. The maximum Gasteiger partial charge on any atom is 0.319 e. The predicted octanol–water partition coefficient (Wildman–Crippen LogP) is 2.48. The Hall–Kier alpha value is -0.330. The first-order chi connectivity index (χ1) is 9.06. The molecule has 1 heterocycles. The van der Waals surface area contributed by atoms with Gasteiger partial charge in [0.05, 0.1) is 12.0 Å². The van der Waals surface area contributed by atoms with Gasteiger partial charge in [0, 0.05) is 0 Å². The molecule has 1 spiro atoms. The van der Waals surface area contributed by atoms with Crippen LogP contribution in [0, 0.1) is 17.3 Å². The van der Waals surface area contributed by atoms with E-state index < -0.39 is 0 Å². The maximum absolute atomic E-state index is 11.9. The normalized spacial score (nSPS) is 41.6. The molecular formula is C14H19IO4. The van der Waals surface area contributed by atoms with Crippen molar-refractivity contribution in [3.05, 3.63) is 0 Å². The van der Waals surface area contributed by atoms with E-state index in [0.29, 0.717) is 18.4 Å². The van der Waals surface area contributed by atoms with Crippen molar-refractivity contribution in [1.82, 2.24) is 0 Å². The summed E-state index contributed by atoms with van der Waals surface area (Å²) in [7, 11) is 0. The molecule has 2 bridgehead atoms. The molecular weight excluding hydrogens is 359 g/mol. The van der Waals surface area contributed by atoms with Crippen LogP contribution in [-0.4, -0.2) is 28.6 Å². The zero-order valence-electron chi connectivity index (χ0n) is 11.1. The Kier molecular flexibility index (Phi) is 3.52. The van der Waals surface area contributed by atoms with Crippen LogP contribution in [0.2, 0.25) is 0 Å². The second kappa shape index (κ2) is 4.90. The fourth-order valence-electron chi connectivity index (χ4n) is 4.05. The first-order valence-electron chi connectivity index (χ1n) is 7.08. The molecule has 3 rings (SSSR count). The van der Waals surface area contributed by atoms with Crippen molar-refractivity contribution >= 4 is 34.5 Å². The van der Waals surface area contributed by atoms with Crippen molar-refractivity contribution in [3.63, 3.8) is 0 Å². The fourth-order valence-corrected chi connectivity index (χ4v) is 4.20. The van der Waals surface area contributed by atoms with E-state index in [0.717, 1.165) is 32.1 Å². The smallest absolute Gasteiger partial charge is 0.319 e. The summed E-state index contributed by atoms with van der Waals surface area (Å²) in [4.78, 5) is 23.8. The lowest BCUT2D eigenvalue weighted by Gasteiger charge is -2.33. The number of rotatable bonds is 3. The van der Waals surface area contributed by atoms with Gasteiger partial charge in [0.1, 0.15) is 10.0 Å². The van der Waals surface area contributed by atoms with Crippen LogP contribution in [0.15, 0.2) is 0 Å². The Bertz CT molecular complexity index is 410. The molecule has 3 aliphatic rings. The van der Waals surface area contributed by atoms with Gasteiger partial charge in [-0.2, -0.15) is 0 Å². The molecule has 19 heavy (non-hydrogen) atoms. The second-order valence-corrected chi connectivity index (χ2v) is 7.53. The van der Waals surface area contributed by atoms with Crippen molar-refractivity contribution in [2.45, 2.75) is 49.1 Å². The molecule has 0 aromatic carbocycles. The number of esters is 2. The Balaban J connectivity index is 1.64. The van der Waals surface area contributed by atoms with Gasteiger partial charge >= 0.3 is 11.9 Å². The van der Waals surface area contributed by atoms with E-state index in [4.69, 9.17) is 9.47 Å². The number of fused-ring (bicyclic) bond motifs is 3. The monoisotopic (exact) mass is 378 g/mol. The largest absolute Gasteiger partial charge is 0.465 e. The predicted molar refractivity (Wildman–Crippen MR) is 76.8 cm³/mol. The molecule has 2 saturated carbocycles. The summed E-state index contributed by atoms with van der Waals surface area (Å²) >= 11 is 2.13. The average Bonchev–Trinajstić information content (AvgIpc) is 3.05. The Morgan fingerprint density at radius 1 is 1.58 bits per heavy atom. The van der Waals surface area contributed by atoms with E-state index >= 15 is 0 Å². The van der Waals surface area contributed by atoms with Crippen molar-refractivity contribution < 1.29 is 19.1 Å². The van der Waals surface area contributed by atoms with Gasteiger partial charge in [0.15, 0.2) is 0 Å². The first kappa shape index (κ1) is 13.6. The summed E-state index contributed by atoms with van der Waals surface area (Å²) in [6.07, 6.45) is 4.41. The lowest BCUT2D eigenvalue weighted by Crippen LogP contribution is -2.38. The molecule has 3 fully saturated rings. The van der Waals surface area contributed by atoms with Crippen LogP contribution >= 0.6 is 22.6 Å². The molecule has 0 radical (unpaired) electrons. The topological polar surface area (TPSA) is 52.6 Å². The van der Waals surface area contributed by atoms with Crippen LogP contribution in [-0.2, 0) is 19.1 Å². The first-order valence-corrected chi connectivity index (χ1v) is 8.33. The summed E-state index contributed by atoms with van der Waals surface area (Å²) in [6.45, 7) is 2.56. The molecule has 4 nitrogen and oxygen atoms in total. The zero-order valence-corrected chi connectivity index (χ0v) is 13.2.